The van der Waals surface area contributed by atoms with Crippen molar-refractivity contribution < 1.29 is 15.0 Å². The summed E-state index contributed by atoms with van der Waals surface area (Å²) in [5, 5.41) is 17.7. The standard InChI is InChI=1S/C26H44O.C3H6.CH2O2/c1-23(2)20-11-15-25(4)19-10-14-24(3)13-6-7-18(24)17(19)8-9-21(25)26(20,5)16-12-22(23)27;1-3-2;2-1-3/h17-22,27H,6-16H2,1-5H3;3H,1H2,2H3;1H,(H,2,3). The third-order valence-electron chi connectivity index (χ3n) is 11.9. The first-order chi connectivity index (χ1) is 15.5. The third kappa shape index (κ3) is 4.23. The molecule has 0 amide bonds. The molecule has 0 spiro atoms. The zero-order valence-corrected chi connectivity index (χ0v) is 22.4. The monoisotopic (exact) mass is 460 g/mol. The van der Waals surface area contributed by atoms with Crippen molar-refractivity contribution in [1.29, 1.82) is 0 Å². The fourth-order valence-corrected chi connectivity index (χ4v) is 10.5. The number of allylic oxidation sites excluding steroid dienone is 1. The molecule has 2 N–H and O–H groups in total. The van der Waals surface area contributed by atoms with Crippen molar-refractivity contribution in [3.63, 3.8) is 0 Å². The Labute approximate surface area is 203 Å². The van der Waals surface area contributed by atoms with Gasteiger partial charge >= 0.3 is 0 Å². The SMILES string of the molecule is C=CC.CC12CCCC1C1CCC3C(C)(CCC4C(C)(C)C(O)CCC43C)C1CC2.O=CO. The van der Waals surface area contributed by atoms with Gasteiger partial charge in [-0.1, -0.05) is 47.1 Å². The molecular weight excluding hydrogens is 408 g/mol. The summed E-state index contributed by atoms with van der Waals surface area (Å²) < 4.78 is 0. The van der Waals surface area contributed by atoms with Gasteiger partial charge in [0.1, 0.15) is 0 Å². The quantitative estimate of drug-likeness (QED) is 0.287. The maximum Gasteiger partial charge on any atom is 0.290 e. The Morgan fingerprint density at radius 3 is 2.03 bits per heavy atom. The van der Waals surface area contributed by atoms with Crippen LogP contribution in [0.25, 0.3) is 0 Å². The van der Waals surface area contributed by atoms with E-state index < -0.39 is 0 Å². The summed E-state index contributed by atoms with van der Waals surface area (Å²) in [6.45, 7) is 17.8. The van der Waals surface area contributed by atoms with E-state index in [0.717, 1.165) is 30.1 Å². The van der Waals surface area contributed by atoms with Gasteiger partial charge in [-0.3, -0.25) is 4.79 Å². The molecule has 33 heavy (non-hydrogen) atoms. The molecule has 0 bridgehead atoms. The van der Waals surface area contributed by atoms with Gasteiger partial charge in [0.25, 0.3) is 6.47 Å². The maximum atomic E-state index is 10.8. The van der Waals surface area contributed by atoms with Crippen LogP contribution in [0.3, 0.4) is 0 Å². The van der Waals surface area contributed by atoms with E-state index in [1.165, 1.54) is 64.2 Å². The molecule has 5 saturated carbocycles. The van der Waals surface area contributed by atoms with Crippen molar-refractivity contribution in [1.82, 2.24) is 0 Å². The molecule has 0 heterocycles. The average Bonchev–Trinajstić information content (AvgIpc) is 3.14. The van der Waals surface area contributed by atoms with Crippen LogP contribution < -0.4 is 0 Å². The number of aliphatic hydroxyl groups is 1. The molecule has 0 aromatic carbocycles. The summed E-state index contributed by atoms with van der Waals surface area (Å²) in [5.41, 5.74) is 1.80. The van der Waals surface area contributed by atoms with E-state index in [2.05, 4.69) is 41.2 Å². The van der Waals surface area contributed by atoms with Crippen molar-refractivity contribution in [3.8, 4) is 0 Å². The predicted octanol–water partition coefficient (Wildman–Crippen LogP) is 7.73. The molecule has 5 aliphatic carbocycles. The Bertz CT molecular complexity index is 695. The molecule has 0 saturated heterocycles. The topological polar surface area (TPSA) is 57.5 Å². The largest absolute Gasteiger partial charge is 0.483 e. The smallest absolute Gasteiger partial charge is 0.290 e. The Kier molecular flexibility index (Phi) is 7.84. The van der Waals surface area contributed by atoms with E-state index in [0.29, 0.717) is 22.2 Å². The van der Waals surface area contributed by atoms with Crippen molar-refractivity contribution >= 4 is 6.47 Å². The number of hydrogen-bond acceptors (Lipinski definition) is 2. The second kappa shape index (κ2) is 9.67. The average molecular weight is 461 g/mol. The van der Waals surface area contributed by atoms with Gasteiger partial charge in [0.2, 0.25) is 0 Å². The van der Waals surface area contributed by atoms with Crippen LogP contribution in [0.5, 0.6) is 0 Å². The second-order valence-electron chi connectivity index (χ2n) is 13.6. The van der Waals surface area contributed by atoms with Gasteiger partial charge in [-0.15, -0.1) is 6.58 Å². The van der Waals surface area contributed by atoms with Crippen molar-refractivity contribution in [3.05, 3.63) is 12.7 Å². The summed E-state index contributed by atoms with van der Waals surface area (Å²) in [6.07, 6.45) is 17.3. The van der Waals surface area contributed by atoms with Crippen molar-refractivity contribution in [2.75, 3.05) is 0 Å². The van der Waals surface area contributed by atoms with Gasteiger partial charge in [-0.05, 0) is 122 Å². The van der Waals surface area contributed by atoms with Crippen LogP contribution in [0.4, 0.5) is 0 Å². The number of fused-ring (bicyclic) bond motifs is 7. The molecule has 0 aromatic rings. The Morgan fingerprint density at radius 2 is 1.39 bits per heavy atom. The molecule has 5 fully saturated rings. The van der Waals surface area contributed by atoms with E-state index >= 15 is 0 Å². The van der Waals surface area contributed by atoms with Gasteiger partial charge in [0.05, 0.1) is 6.10 Å². The van der Waals surface area contributed by atoms with Crippen LogP contribution >= 0.6 is 0 Å². The predicted molar refractivity (Wildman–Crippen MR) is 137 cm³/mol. The van der Waals surface area contributed by atoms with E-state index in [1.807, 2.05) is 6.92 Å². The van der Waals surface area contributed by atoms with Crippen molar-refractivity contribution in [2.45, 2.75) is 118 Å². The first-order valence-electron chi connectivity index (χ1n) is 13.8. The van der Waals surface area contributed by atoms with Crippen LogP contribution in [0.1, 0.15) is 112 Å². The molecular formula is C30H52O3. The number of hydrogen-bond donors (Lipinski definition) is 2. The van der Waals surface area contributed by atoms with Gasteiger partial charge in [-0.25, -0.2) is 0 Å². The van der Waals surface area contributed by atoms with E-state index in [1.54, 1.807) is 6.08 Å². The zero-order valence-electron chi connectivity index (χ0n) is 22.4. The van der Waals surface area contributed by atoms with Crippen LogP contribution in [-0.2, 0) is 4.79 Å². The summed E-state index contributed by atoms with van der Waals surface area (Å²) in [6, 6.07) is 0. The molecule has 3 heteroatoms. The lowest BCUT2D eigenvalue weighted by Crippen LogP contribution is -2.63. The van der Waals surface area contributed by atoms with Gasteiger partial charge in [0, 0.05) is 0 Å². The maximum absolute atomic E-state index is 10.8. The lowest BCUT2D eigenvalue weighted by Gasteiger charge is -2.69. The number of carbonyl (C=O) groups is 1. The van der Waals surface area contributed by atoms with E-state index in [-0.39, 0.29) is 18.0 Å². The molecule has 9 unspecified atom stereocenters. The molecule has 0 radical (unpaired) electrons. The Hall–Kier alpha value is -0.830. The minimum absolute atomic E-state index is 0.0925. The lowest BCUT2D eigenvalue weighted by atomic mass is 9.36. The van der Waals surface area contributed by atoms with E-state index in [9.17, 15) is 5.11 Å². The summed E-state index contributed by atoms with van der Waals surface area (Å²) in [5.74, 6) is 4.64. The van der Waals surface area contributed by atoms with E-state index in [4.69, 9.17) is 9.90 Å². The molecule has 0 aromatic heterocycles. The molecule has 5 aliphatic rings. The second-order valence-corrected chi connectivity index (χ2v) is 13.6. The van der Waals surface area contributed by atoms with Gasteiger partial charge < -0.3 is 10.2 Å². The lowest BCUT2D eigenvalue weighted by molar-refractivity contribution is -0.213. The minimum Gasteiger partial charge on any atom is -0.483 e. The minimum atomic E-state index is -0.250. The normalized spacial score (nSPS) is 49.3. The van der Waals surface area contributed by atoms with Crippen LogP contribution in [0.15, 0.2) is 12.7 Å². The Balaban J connectivity index is 0.000000464. The number of carboxylic acid groups (broad SMARTS) is 1. The number of rotatable bonds is 0. The molecule has 5 rings (SSSR count). The van der Waals surface area contributed by atoms with Crippen LogP contribution in [0.2, 0.25) is 0 Å². The van der Waals surface area contributed by atoms with Gasteiger partial charge in [-0.2, -0.15) is 0 Å². The highest BCUT2D eigenvalue weighted by atomic mass is 16.3. The fourth-order valence-electron chi connectivity index (χ4n) is 10.5. The first kappa shape index (κ1) is 26.8. The highest BCUT2D eigenvalue weighted by molar-refractivity contribution is 5.32. The number of aliphatic hydroxyl groups excluding tert-OH is 1. The molecule has 3 nitrogen and oxygen atoms in total. The molecule has 0 aliphatic heterocycles. The molecule has 9 atom stereocenters. The third-order valence-corrected chi connectivity index (χ3v) is 11.9. The highest BCUT2D eigenvalue weighted by Crippen LogP contribution is 2.72. The summed E-state index contributed by atoms with van der Waals surface area (Å²) >= 11 is 0. The van der Waals surface area contributed by atoms with Crippen molar-refractivity contribution in [2.24, 2.45) is 51.2 Å². The van der Waals surface area contributed by atoms with Crippen LogP contribution in [-0.4, -0.2) is 22.8 Å². The Morgan fingerprint density at radius 1 is 0.788 bits per heavy atom. The first-order valence-corrected chi connectivity index (χ1v) is 13.8. The fraction of sp³-hybridized carbons (Fsp3) is 0.900. The van der Waals surface area contributed by atoms with Crippen LogP contribution in [0, 0.1) is 51.2 Å². The zero-order chi connectivity index (χ0) is 24.7. The highest BCUT2D eigenvalue weighted by Gasteiger charge is 2.65. The summed E-state index contributed by atoms with van der Waals surface area (Å²) in [4.78, 5) is 8.36. The molecule has 190 valence electrons. The summed E-state index contributed by atoms with van der Waals surface area (Å²) in [7, 11) is 0. The van der Waals surface area contributed by atoms with Gasteiger partial charge in [0.15, 0.2) is 0 Å².